The van der Waals surface area contributed by atoms with Crippen LogP contribution in [0.1, 0.15) is 32.6 Å². The molecule has 0 aliphatic heterocycles. The van der Waals surface area contributed by atoms with E-state index in [1.54, 1.807) is 0 Å². The van der Waals surface area contributed by atoms with E-state index in [4.69, 9.17) is 5.73 Å². The van der Waals surface area contributed by atoms with E-state index in [2.05, 4.69) is 4.72 Å². The van der Waals surface area contributed by atoms with Gasteiger partial charge in [0.1, 0.15) is 16.5 Å². The lowest BCUT2D eigenvalue weighted by Crippen LogP contribution is -2.26. The van der Waals surface area contributed by atoms with Crippen molar-refractivity contribution in [3.63, 3.8) is 0 Å². The molecule has 7 heteroatoms. The van der Waals surface area contributed by atoms with Gasteiger partial charge < -0.3 is 5.73 Å². The third-order valence-electron chi connectivity index (χ3n) is 2.66. The van der Waals surface area contributed by atoms with Gasteiger partial charge in [-0.05, 0) is 12.5 Å². The highest BCUT2D eigenvalue weighted by Gasteiger charge is 2.20. The Morgan fingerprint density at radius 2 is 1.84 bits per heavy atom. The molecule has 0 unspecified atom stereocenters. The monoisotopic (exact) mass is 292 g/mol. The smallest absolute Gasteiger partial charge is 0.243 e. The van der Waals surface area contributed by atoms with Crippen LogP contribution in [0.15, 0.2) is 17.0 Å². The summed E-state index contributed by atoms with van der Waals surface area (Å²) in [4.78, 5) is -0.623. The van der Waals surface area contributed by atoms with E-state index in [1.807, 2.05) is 6.92 Å². The number of benzene rings is 1. The number of anilines is 1. The molecule has 4 nitrogen and oxygen atoms in total. The molecule has 19 heavy (non-hydrogen) atoms. The van der Waals surface area contributed by atoms with Gasteiger partial charge >= 0.3 is 0 Å². The van der Waals surface area contributed by atoms with Crippen LogP contribution in [0.4, 0.5) is 14.5 Å². The minimum absolute atomic E-state index is 0.221. The number of sulfonamides is 1. The normalized spacial score (nSPS) is 11.7. The van der Waals surface area contributed by atoms with Gasteiger partial charge in [0, 0.05) is 12.6 Å². The number of nitrogens with one attached hydrogen (secondary N) is 1. The van der Waals surface area contributed by atoms with Crippen molar-refractivity contribution in [3.05, 3.63) is 23.8 Å². The van der Waals surface area contributed by atoms with Crippen LogP contribution < -0.4 is 10.5 Å². The number of rotatable bonds is 7. The van der Waals surface area contributed by atoms with E-state index in [0.29, 0.717) is 12.5 Å². The molecule has 1 rings (SSSR count). The molecule has 0 heterocycles. The molecule has 0 amide bonds. The molecule has 0 aromatic heterocycles. The first-order valence-corrected chi connectivity index (χ1v) is 7.61. The summed E-state index contributed by atoms with van der Waals surface area (Å²) in [6, 6.07) is 1.26. The predicted molar refractivity (Wildman–Crippen MR) is 70.1 cm³/mol. The highest BCUT2D eigenvalue weighted by atomic mass is 32.2. The molecular formula is C12H18F2N2O2S. The third-order valence-corrected chi connectivity index (χ3v) is 4.14. The Hall–Kier alpha value is -1.21. The number of nitrogens with two attached hydrogens (primary N) is 1. The Morgan fingerprint density at radius 3 is 2.47 bits per heavy atom. The Labute approximate surface area is 112 Å². The minimum atomic E-state index is -3.99. The minimum Gasteiger partial charge on any atom is -0.396 e. The first kappa shape index (κ1) is 15.8. The first-order chi connectivity index (χ1) is 8.88. The van der Waals surface area contributed by atoms with Crippen LogP contribution in [0.25, 0.3) is 0 Å². The van der Waals surface area contributed by atoms with E-state index in [0.717, 1.165) is 25.3 Å². The van der Waals surface area contributed by atoms with Crippen LogP contribution in [-0.4, -0.2) is 15.0 Å². The van der Waals surface area contributed by atoms with Crippen molar-refractivity contribution < 1.29 is 17.2 Å². The number of nitrogen functional groups attached to an aromatic ring is 1. The van der Waals surface area contributed by atoms with Gasteiger partial charge in [-0.15, -0.1) is 0 Å². The molecule has 0 spiro atoms. The molecule has 0 bridgehead atoms. The Bertz CT molecular complexity index is 533. The Morgan fingerprint density at radius 1 is 1.16 bits per heavy atom. The van der Waals surface area contributed by atoms with Gasteiger partial charge in [-0.1, -0.05) is 26.2 Å². The molecule has 1 aromatic rings. The molecule has 1 aromatic carbocycles. The van der Waals surface area contributed by atoms with Gasteiger partial charge in [0.05, 0.1) is 5.69 Å². The number of hydrogen-bond donors (Lipinski definition) is 2. The van der Waals surface area contributed by atoms with Gasteiger partial charge in [-0.25, -0.2) is 21.9 Å². The average Bonchev–Trinajstić information content (AvgIpc) is 2.33. The van der Waals surface area contributed by atoms with Crippen LogP contribution in [0.2, 0.25) is 0 Å². The van der Waals surface area contributed by atoms with Gasteiger partial charge in [-0.3, -0.25) is 0 Å². The van der Waals surface area contributed by atoms with Crippen molar-refractivity contribution in [2.45, 2.75) is 37.5 Å². The van der Waals surface area contributed by atoms with Crippen LogP contribution in [0.3, 0.4) is 0 Å². The van der Waals surface area contributed by atoms with Crippen molar-refractivity contribution in [2.24, 2.45) is 0 Å². The summed E-state index contributed by atoms with van der Waals surface area (Å²) in [6.45, 7) is 2.26. The lowest BCUT2D eigenvalue weighted by molar-refractivity contribution is 0.542. The highest BCUT2D eigenvalue weighted by molar-refractivity contribution is 7.89. The topological polar surface area (TPSA) is 72.2 Å². The quantitative estimate of drug-likeness (QED) is 0.599. The molecule has 0 saturated carbocycles. The lowest BCUT2D eigenvalue weighted by atomic mass is 10.2. The molecule has 0 saturated heterocycles. The maximum absolute atomic E-state index is 13.4. The molecule has 0 radical (unpaired) electrons. The molecule has 0 fully saturated rings. The van der Waals surface area contributed by atoms with Crippen molar-refractivity contribution in [2.75, 3.05) is 12.3 Å². The van der Waals surface area contributed by atoms with E-state index < -0.39 is 32.2 Å². The second-order valence-corrected chi connectivity index (χ2v) is 6.00. The zero-order valence-electron chi connectivity index (χ0n) is 10.7. The van der Waals surface area contributed by atoms with Crippen molar-refractivity contribution >= 4 is 15.7 Å². The number of unbranched alkanes of at least 4 members (excludes halogenated alkanes) is 3. The SMILES string of the molecule is CCCCCCNS(=O)(=O)c1cc(N)c(F)cc1F. The summed E-state index contributed by atoms with van der Waals surface area (Å²) in [5.74, 6) is -2.12. The van der Waals surface area contributed by atoms with Crippen molar-refractivity contribution in [1.82, 2.24) is 4.72 Å². The van der Waals surface area contributed by atoms with E-state index in [-0.39, 0.29) is 6.54 Å². The van der Waals surface area contributed by atoms with Gasteiger partial charge in [0.2, 0.25) is 10.0 Å². The molecule has 3 N–H and O–H groups in total. The number of halogens is 2. The van der Waals surface area contributed by atoms with Crippen LogP contribution in [0.5, 0.6) is 0 Å². The summed E-state index contributed by atoms with van der Waals surface area (Å²) in [5, 5.41) is 0. The largest absolute Gasteiger partial charge is 0.396 e. The second kappa shape index (κ2) is 6.81. The fourth-order valence-corrected chi connectivity index (χ4v) is 2.75. The Kier molecular flexibility index (Phi) is 5.68. The van der Waals surface area contributed by atoms with E-state index in [9.17, 15) is 17.2 Å². The van der Waals surface area contributed by atoms with Crippen LogP contribution in [-0.2, 0) is 10.0 Å². The standard InChI is InChI=1S/C12H18F2N2O2S/c1-2-3-4-5-6-16-19(17,18)12-8-11(15)9(13)7-10(12)14/h7-8,16H,2-6,15H2,1H3. The maximum atomic E-state index is 13.4. The average molecular weight is 292 g/mol. The molecular weight excluding hydrogens is 274 g/mol. The van der Waals surface area contributed by atoms with Crippen molar-refractivity contribution in [3.8, 4) is 0 Å². The summed E-state index contributed by atoms with van der Waals surface area (Å²) in [7, 11) is -3.99. The summed E-state index contributed by atoms with van der Waals surface area (Å²) in [6.07, 6.45) is 3.62. The fraction of sp³-hybridized carbons (Fsp3) is 0.500. The van der Waals surface area contributed by atoms with E-state index >= 15 is 0 Å². The summed E-state index contributed by atoms with van der Waals surface area (Å²) < 4.78 is 52.3. The maximum Gasteiger partial charge on any atom is 0.243 e. The first-order valence-electron chi connectivity index (χ1n) is 6.12. The van der Waals surface area contributed by atoms with Crippen LogP contribution >= 0.6 is 0 Å². The molecule has 0 aliphatic carbocycles. The summed E-state index contributed by atoms with van der Waals surface area (Å²) in [5.41, 5.74) is 4.85. The summed E-state index contributed by atoms with van der Waals surface area (Å²) >= 11 is 0. The highest BCUT2D eigenvalue weighted by Crippen LogP contribution is 2.20. The third kappa shape index (κ3) is 4.43. The fourth-order valence-electron chi connectivity index (χ4n) is 1.59. The molecule has 108 valence electrons. The number of hydrogen-bond acceptors (Lipinski definition) is 3. The van der Waals surface area contributed by atoms with Crippen molar-refractivity contribution in [1.29, 1.82) is 0 Å². The van der Waals surface area contributed by atoms with Gasteiger partial charge in [-0.2, -0.15) is 0 Å². The Balaban J connectivity index is 2.75. The molecule has 0 atom stereocenters. The second-order valence-electron chi connectivity index (χ2n) is 4.26. The zero-order valence-corrected chi connectivity index (χ0v) is 11.6. The zero-order chi connectivity index (χ0) is 14.5. The lowest BCUT2D eigenvalue weighted by Gasteiger charge is -2.08. The van der Waals surface area contributed by atoms with Gasteiger partial charge in [0.15, 0.2) is 0 Å². The predicted octanol–water partition coefficient (Wildman–Crippen LogP) is 2.41. The van der Waals surface area contributed by atoms with E-state index in [1.165, 1.54) is 0 Å². The van der Waals surface area contributed by atoms with Gasteiger partial charge in [0.25, 0.3) is 0 Å². The van der Waals surface area contributed by atoms with Crippen LogP contribution in [0, 0.1) is 11.6 Å². The molecule has 0 aliphatic rings.